The molecule has 0 rings (SSSR count). The van der Waals surface area contributed by atoms with Crippen LogP contribution < -0.4 is 0 Å². The molecule has 0 saturated heterocycles. The average Bonchev–Trinajstić information content (AvgIpc) is 2.05. The van der Waals surface area contributed by atoms with Crippen molar-refractivity contribution in [3.63, 3.8) is 0 Å². The quantitative estimate of drug-likeness (QED) is 0.485. The van der Waals surface area contributed by atoms with Crippen molar-refractivity contribution in [2.45, 2.75) is 40.5 Å². The molecule has 0 aliphatic rings. The summed E-state index contributed by atoms with van der Waals surface area (Å²) >= 11 is 0. The summed E-state index contributed by atoms with van der Waals surface area (Å²) in [5, 5.41) is 0. The lowest BCUT2D eigenvalue weighted by atomic mass is 10.0. The molecule has 0 N–H and O–H groups in total. The summed E-state index contributed by atoms with van der Waals surface area (Å²) in [5.74, 6) is -0.103. The van der Waals surface area contributed by atoms with Gasteiger partial charge in [0.1, 0.15) is 0 Å². The molecule has 0 saturated carbocycles. The highest BCUT2D eigenvalue weighted by Crippen LogP contribution is 2.12. The lowest BCUT2D eigenvalue weighted by Crippen LogP contribution is -2.14. The van der Waals surface area contributed by atoms with Crippen molar-refractivity contribution in [3.8, 4) is 0 Å². The highest BCUT2D eigenvalue weighted by atomic mass is 16.5. The number of esters is 1. The molecule has 0 aliphatic carbocycles. The lowest BCUT2D eigenvalue weighted by molar-refractivity contribution is -0.147. The number of carbonyl (C=O) groups excluding carboxylic acids is 1. The van der Waals surface area contributed by atoms with Crippen LogP contribution in [0.1, 0.15) is 40.5 Å². The van der Waals surface area contributed by atoms with E-state index in [1.165, 1.54) is 5.57 Å². The minimum absolute atomic E-state index is 0.0113. The fourth-order valence-corrected chi connectivity index (χ4v) is 1.28. The summed E-state index contributed by atoms with van der Waals surface area (Å²) in [7, 11) is 0. The molecule has 0 aromatic rings. The first kappa shape index (κ1) is 12.2. The predicted octanol–water partition coefficient (Wildman–Crippen LogP) is 2.93. The number of allylic oxidation sites excluding steroid dienone is 2. The van der Waals surface area contributed by atoms with Gasteiger partial charge in [-0.1, -0.05) is 25.5 Å². The van der Waals surface area contributed by atoms with Crippen LogP contribution in [-0.2, 0) is 9.53 Å². The Labute approximate surface area is 81.0 Å². The van der Waals surface area contributed by atoms with E-state index in [-0.39, 0.29) is 11.9 Å². The molecular formula is C11H20O2. The van der Waals surface area contributed by atoms with E-state index < -0.39 is 0 Å². The third-order valence-corrected chi connectivity index (χ3v) is 1.87. The molecule has 0 bridgehead atoms. The zero-order valence-corrected chi connectivity index (χ0v) is 9.09. The summed E-state index contributed by atoms with van der Waals surface area (Å²) in [5.41, 5.74) is 1.27. The fraction of sp³-hybridized carbons (Fsp3) is 0.727. The molecule has 0 aromatic heterocycles. The van der Waals surface area contributed by atoms with Gasteiger partial charge >= 0.3 is 5.97 Å². The van der Waals surface area contributed by atoms with Gasteiger partial charge in [0.05, 0.1) is 12.5 Å². The molecule has 0 aromatic carbocycles. The van der Waals surface area contributed by atoms with Crippen LogP contribution in [-0.4, -0.2) is 12.6 Å². The number of hydrogen-bond donors (Lipinski definition) is 0. The van der Waals surface area contributed by atoms with Crippen molar-refractivity contribution < 1.29 is 9.53 Å². The number of ether oxygens (including phenoxy) is 1. The molecular weight excluding hydrogens is 164 g/mol. The Morgan fingerprint density at radius 3 is 2.54 bits per heavy atom. The molecule has 0 heterocycles. The molecule has 2 heteroatoms. The summed E-state index contributed by atoms with van der Waals surface area (Å²) < 4.78 is 4.92. The first-order valence-corrected chi connectivity index (χ1v) is 4.94. The maximum Gasteiger partial charge on any atom is 0.308 e. The Kier molecular flexibility index (Phi) is 6.29. The van der Waals surface area contributed by atoms with Crippen LogP contribution in [0.25, 0.3) is 0 Å². The zero-order valence-electron chi connectivity index (χ0n) is 9.09. The second-order valence-corrected chi connectivity index (χ2v) is 3.32. The maximum absolute atomic E-state index is 11.2. The Bertz CT molecular complexity index is 183. The highest BCUT2D eigenvalue weighted by molar-refractivity contribution is 5.72. The summed E-state index contributed by atoms with van der Waals surface area (Å²) in [6, 6.07) is 0. The third kappa shape index (κ3) is 5.45. The monoisotopic (exact) mass is 184 g/mol. The van der Waals surface area contributed by atoms with Crippen LogP contribution in [0.3, 0.4) is 0 Å². The van der Waals surface area contributed by atoms with E-state index in [0.29, 0.717) is 6.61 Å². The van der Waals surface area contributed by atoms with Crippen LogP contribution in [0.5, 0.6) is 0 Å². The molecule has 0 amide bonds. The van der Waals surface area contributed by atoms with Gasteiger partial charge in [0, 0.05) is 0 Å². The van der Waals surface area contributed by atoms with Crippen molar-refractivity contribution in [2.24, 2.45) is 5.92 Å². The minimum Gasteiger partial charge on any atom is -0.466 e. The van der Waals surface area contributed by atoms with E-state index in [4.69, 9.17) is 4.74 Å². The van der Waals surface area contributed by atoms with Gasteiger partial charge in [-0.2, -0.15) is 0 Å². The van der Waals surface area contributed by atoms with Crippen molar-refractivity contribution in [3.05, 3.63) is 11.6 Å². The van der Waals surface area contributed by atoms with E-state index in [0.717, 1.165) is 12.8 Å². The molecule has 1 atom stereocenters. The standard InChI is InChI=1S/C11H20O2/c1-5-7-9(3)8-10(4)11(12)13-6-2/h7,10H,5-6,8H2,1-4H3/b9-7+. The van der Waals surface area contributed by atoms with Gasteiger partial charge in [0.15, 0.2) is 0 Å². The van der Waals surface area contributed by atoms with Crippen LogP contribution in [0.2, 0.25) is 0 Å². The first-order chi connectivity index (χ1) is 6.11. The summed E-state index contributed by atoms with van der Waals surface area (Å²) in [6.07, 6.45) is 3.99. The van der Waals surface area contributed by atoms with Crippen LogP contribution >= 0.6 is 0 Å². The van der Waals surface area contributed by atoms with E-state index in [1.807, 2.05) is 13.8 Å². The summed E-state index contributed by atoms with van der Waals surface area (Å²) in [4.78, 5) is 11.2. The first-order valence-electron chi connectivity index (χ1n) is 4.94. The van der Waals surface area contributed by atoms with Gasteiger partial charge < -0.3 is 4.74 Å². The Hall–Kier alpha value is -0.790. The smallest absolute Gasteiger partial charge is 0.308 e. The van der Waals surface area contributed by atoms with Gasteiger partial charge in [-0.05, 0) is 26.7 Å². The van der Waals surface area contributed by atoms with Gasteiger partial charge in [0.2, 0.25) is 0 Å². The molecule has 1 unspecified atom stereocenters. The third-order valence-electron chi connectivity index (χ3n) is 1.87. The fourth-order valence-electron chi connectivity index (χ4n) is 1.28. The molecule has 13 heavy (non-hydrogen) atoms. The van der Waals surface area contributed by atoms with E-state index in [2.05, 4.69) is 19.9 Å². The number of carbonyl (C=O) groups is 1. The van der Waals surface area contributed by atoms with Crippen molar-refractivity contribution >= 4 is 5.97 Å². The van der Waals surface area contributed by atoms with Gasteiger partial charge in [-0.25, -0.2) is 0 Å². The summed E-state index contributed by atoms with van der Waals surface area (Å²) in [6.45, 7) is 8.36. The number of hydrogen-bond acceptors (Lipinski definition) is 2. The van der Waals surface area contributed by atoms with Gasteiger partial charge in [-0.3, -0.25) is 4.79 Å². The van der Waals surface area contributed by atoms with Crippen molar-refractivity contribution in [1.29, 1.82) is 0 Å². The van der Waals surface area contributed by atoms with Gasteiger partial charge in [0.25, 0.3) is 0 Å². The Morgan fingerprint density at radius 2 is 2.08 bits per heavy atom. The molecule has 2 nitrogen and oxygen atoms in total. The van der Waals surface area contributed by atoms with Crippen LogP contribution in [0.15, 0.2) is 11.6 Å². The second kappa shape index (κ2) is 6.70. The highest BCUT2D eigenvalue weighted by Gasteiger charge is 2.13. The van der Waals surface area contributed by atoms with E-state index in [9.17, 15) is 4.79 Å². The maximum atomic E-state index is 11.2. The lowest BCUT2D eigenvalue weighted by Gasteiger charge is -2.10. The number of rotatable bonds is 5. The Morgan fingerprint density at radius 1 is 1.46 bits per heavy atom. The SMILES string of the molecule is CC/C=C(\C)CC(C)C(=O)OCC. The van der Waals surface area contributed by atoms with Crippen molar-refractivity contribution in [2.75, 3.05) is 6.61 Å². The average molecular weight is 184 g/mol. The molecule has 0 spiro atoms. The molecule has 76 valence electrons. The normalized spacial score (nSPS) is 14.0. The second-order valence-electron chi connectivity index (χ2n) is 3.32. The van der Waals surface area contributed by atoms with E-state index >= 15 is 0 Å². The van der Waals surface area contributed by atoms with Gasteiger partial charge in [-0.15, -0.1) is 0 Å². The topological polar surface area (TPSA) is 26.3 Å². The molecule has 0 radical (unpaired) electrons. The van der Waals surface area contributed by atoms with Crippen LogP contribution in [0, 0.1) is 5.92 Å². The zero-order chi connectivity index (χ0) is 10.3. The van der Waals surface area contributed by atoms with Crippen molar-refractivity contribution in [1.82, 2.24) is 0 Å². The molecule has 0 aliphatic heterocycles. The minimum atomic E-state index is -0.0913. The van der Waals surface area contributed by atoms with Crippen LogP contribution in [0.4, 0.5) is 0 Å². The Balaban J connectivity index is 3.92. The van der Waals surface area contributed by atoms with E-state index in [1.54, 1.807) is 0 Å². The largest absolute Gasteiger partial charge is 0.466 e. The molecule has 0 fully saturated rings. The predicted molar refractivity (Wildman–Crippen MR) is 54.5 cm³/mol.